The molecule has 0 amide bonds. The second-order valence-electron chi connectivity index (χ2n) is 5.54. The van der Waals surface area contributed by atoms with Gasteiger partial charge in [0.05, 0.1) is 0 Å². The molecule has 19 heavy (non-hydrogen) atoms. The highest BCUT2D eigenvalue weighted by atomic mass is 16.2. The first-order valence-corrected chi connectivity index (χ1v) is 7.49. The first-order chi connectivity index (χ1) is 9.31. The van der Waals surface area contributed by atoms with Gasteiger partial charge in [0.15, 0.2) is 0 Å². The minimum absolute atomic E-state index is 0.326. The lowest BCUT2D eigenvalue weighted by Gasteiger charge is -2.22. The summed E-state index contributed by atoms with van der Waals surface area (Å²) in [5.74, 6) is 0. The lowest BCUT2D eigenvalue weighted by Crippen LogP contribution is -2.27. The summed E-state index contributed by atoms with van der Waals surface area (Å²) in [5, 5.41) is 8.77. The molecular formula is C16H26N2O. The summed E-state index contributed by atoms with van der Waals surface area (Å²) in [5.41, 5.74) is 8.19. The van der Waals surface area contributed by atoms with Crippen LogP contribution in [-0.2, 0) is 6.54 Å². The Morgan fingerprint density at radius 3 is 2.53 bits per heavy atom. The SMILES string of the molecule is Nc1ccccc1CN(CCCCCCO)C1CC1. The molecule has 0 saturated heterocycles. The van der Waals surface area contributed by atoms with Gasteiger partial charge in [-0.25, -0.2) is 0 Å². The molecule has 1 aliphatic carbocycles. The number of aliphatic hydroxyl groups is 1. The second-order valence-corrected chi connectivity index (χ2v) is 5.54. The van der Waals surface area contributed by atoms with Gasteiger partial charge in [-0.2, -0.15) is 0 Å². The largest absolute Gasteiger partial charge is 0.398 e. The Morgan fingerprint density at radius 1 is 1.11 bits per heavy atom. The lowest BCUT2D eigenvalue weighted by atomic mass is 10.1. The third-order valence-corrected chi connectivity index (χ3v) is 3.85. The molecule has 0 radical (unpaired) electrons. The number of nitrogen functional groups attached to an aromatic ring is 1. The van der Waals surface area contributed by atoms with Crippen molar-refractivity contribution in [2.24, 2.45) is 0 Å². The predicted octanol–water partition coefficient (Wildman–Crippen LogP) is 2.79. The normalized spacial score (nSPS) is 15.1. The highest BCUT2D eigenvalue weighted by molar-refractivity contribution is 5.46. The summed E-state index contributed by atoms with van der Waals surface area (Å²) in [6.07, 6.45) is 7.20. The van der Waals surface area contributed by atoms with E-state index in [1.807, 2.05) is 12.1 Å². The first-order valence-electron chi connectivity index (χ1n) is 7.49. The van der Waals surface area contributed by atoms with E-state index in [9.17, 15) is 0 Å². The topological polar surface area (TPSA) is 49.5 Å². The molecule has 1 fully saturated rings. The Bertz CT molecular complexity index is 377. The van der Waals surface area contributed by atoms with Crippen molar-refractivity contribution in [1.82, 2.24) is 4.90 Å². The second kappa shape index (κ2) is 7.51. The van der Waals surface area contributed by atoms with Crippen LogP contribution >= 0.6 is 0 Å². The van der Waals surface area contributed by atoms with E-state index >= 15 is 0 Å². The molecule has 0 atom stereocenters. The fourth-order valence-corrected chi connectivity index (χ4v) is 2.51. The van der Waals surface area contributed by atoms with Crippen molar-refractivity contribution in [2.45, 2.75) is 51.1 Å². The van der Waals surface area contributed by atoms with Crippen LogP contribution in [0, 0.1) is 0 Å². The fourth-order valence-electron chi connectivity index (χ4n) is 2.51. The molecule has 0 spiro atoms. The molecule has 1 saturated carbocycles. The van der Waals surface area contributed by atoms with Gasteiger partial charge >= 0.3 is 0 Å². The number of hydrogen-bond acceptors (Lipinski definition) is 3. The van der Waals surface area contributed by atoms with Gasteiger partial charge in [0, 0.05) is 24.9 Å². The molecule has 3 N–H and O–H groups in total. The van der Waals surface area contributed by atoms with Crippen LogP contribution < -0.4 is 5.73 Å². The van der Waals surface area contributed by atoms with Crippen LogP contribution in [0.2, 0.25) is 0 Å². The number of para-hydroxylation sites is 1. The third kappa shape index (κ3) is 4.84. The number of nitrogens with two attached hydrogens (primary N) is 1. The van der Waals surface area contributed by atoms with Crippen molar-refractivity contribution in [1.29, 1.82) is 0 Å². The molecule has 1 aromatic rings. The molecule has 1 aromatic carbocycles. The molecule has 0 unspecified atom stereocenters. The summed E-state index contributed by atoms with van der Waals surface area (Å²) < 4.78 is 0. The summed E-state index contributed by atoms with van der Waals surface area (Å²) in [7, 11) is 0. The molecule has 2 rings (SSSR count). The van der Waals surface area contributed by atoms with Crippen molar-refractivity contribution < 1.29 is 5.11 Å². The lowest BCUT2D eigenvalue weighted by molar-refractivity contribution is 0.244. The van der Waals surface area contributed by atoms with Crippen LogP contribution in [0.5, 0.6) is 0 Å². The van der Waals surface area contributed by atoms with Crippen molar-refractivity contribution in [3.8, 4) is 0 Å². The first kappa shape index (κ1) is 14.4. The third-order valence-electron chi connectivity index (χ3n) is 3.85. The molecule has 0 aromatic heterocycles. The van der Waals surface area contributed by atoms with Crippen LogP contribution in [0.25, 0.3) is 0 Å². The molecule has 3 heteroatoms. The standard InChI is InChI=1S/C16H26N2O/c17-16-8-4-3-7-14(16)13-18(15-9-10-15)11-5-1-2-6-12-19/h3-4,7-8,15,19H,1-2,5-6,9-13,17H2. The van der Waals surface area contributed by atoms with E-state index in [2.05, 4.69) is 17.0 Å². The zero-order chi connectivity index (χ0) is 13.5. The Morgan fingerprint density at radius 2 is 1.84 bits per heavy atom. The van der Waals surface area contributed by atoms with Crippen LogP contribution in [0.1, 0.15) is 44.1 Å². The molecule has 0 bridgehead atoms. The number of benzene rings is 1. The number of nitrogens with zero attached hydrogens (tertiary/aromatic N) is 1. The van der Waals surface area contributed by atoms with Gasteiger partial charge in [-0.1, -0.05) is 31.0 Å². The van der Waals surface area contributed by atoms with Crippen LogP contribution in [0.15, 0.2) is 24.3 Å². The number of unbranched alkanes of at least 4 members (excludes halogenated alkanes) is 3. The minimum Gasteiger partial charge on any atom is -0.398 e. The maximum atomic E-state index is 8.77. The number of hydrogen-bond donors (Lipinski definition) is 2. The molecule has 106 valence electrons. The van der Waals surface area contributed by atoms with Crippen molar-refractivity contribution >= 4 is 5.69 Å². The van der Waals surface area contributed by atoms with Gasteiger partial charge in [0.1, 0.15) is 0 Å². The van der Waals surface area contributed by atoms with Gasteiger partial charge in [0.25, 0.3) is 0 Å². The number of anilines is 1. The van der Waals surface area contributed by atoms with Crippen LogP contribution in [0.3, 0.4) is 0 Å². The van der Waals surface area contributed by atoms with Crippen molar-refractivity contribution in [3.05, 3.63) is 29.8 Å². The summed E-state index contributed by atoms with van der Waals surface area (Å²) >= 11 is 0. The maximum absolute atomic E-state index is 8.77. The number of aliphatic hydroxyl groups excluding tert-OH is 1. The van der Waals surface area contributed by atoms with Crippen molar-refractivity contribution in [3.63, 3.8) is 0 Å². The Balaban J connectivity index is 1.78. The summed E-state index contributed by atoms with van der Waals surface area (Å²) in [6.45, 7) is 2.47. The van der Waals surface area contributed by atoms with E-state index in [1.54, 1.807) is 0 Å². The zero-order valence-corrected chi connectivity index (χ0v) is 11.7. The quantitative estimate of drug-likeness (QED) is 0.531. The Hall–Kier alpha value is -1.06. The van der Waals surface area contributed by atoms with Crippen molar-refractivity contribution in [2.75, 3.05) is 18.9 Å². The summed E-state index contributed by atoms with van der Waals surface area (Å²) in [6, 6.07) is 8.96. The maximum Gasteiger partial charge on any atom is 0.0431 e. The zero-order valence-electron chi connectivity index (χ0n) is 11.7. The molecule has 0 heterocycles. The highest BCUT2D eigenvalue weighted by Crippen LogP contribution is 2.29. The summed E-state index contributed by atoms with van der Waals surface area (Å²) in [4.78, 5) is 2.57. The number of rotatable bonds is 9. The molecular weight excluding hydrogens is 236 g/mol. The molecule has 3 nitrogen and oxygen atoms in total. The average molecular weight is 262 g/mol. The Labute approximate surface area is 116 Å². The molecule has 0 aliphatic heterocycles. The van der Waals surface area contributed by atoms with E-state index in [-0.39, 0.29) is 0 Å². The van der Waals surface area contributed by atoms with Crippen LogP contribution in [0.4, 0.5) is 5.69 Å². The average Bonchev–Trinajstić information content (AvgIpc) is 3.24. The van der Waals surface area contributed by atoms with Gasteiger partial charge in [-0.15, -0.1) is 0 Å². The highest BCUT2D eigenvalue weighted by Gasteiger charge is 2.28. The van der Waals surface area contributed by atoms with Gasteiger partial charge < -0.3 is 10.8 Å². The van der Waals surface area contributed by atoms with E-state index in [0.29, 0.717) is 6.61 Å². The monoisotopic (exact) mass is 262 g/mol. The van der Waals surface area contributed by atoms with Gasteiger partial charge in [0.2, 0.25) is 0 Å². The van der Waals surface area contributed by atoms with Gasteiger partial charge in [-0.3, -0.25) is 4.90 Å². The van der Waals surface area contributed by atoms with E-state index < -0.39 is 0 Å². The van der Waals surface area contributed by atoms with Gasteiger partial charge in [-0.05, 0) is 43.9 Å². The Kier molecular flexibility index (Phi) is 5.67. The predicted molar refractivity (Wildman–Crippen MR) is 79.8 cm³/mol. The minimum atomic E-state index is 0.326. The smallest absolute Gasteiger partial charge is 0.0431 e. The van der Waals surface area contributed by atoms with E-state index in [4.69, 9.17) is 10.8 Å². The van der Waals surface area contributed by atoms with E-state index in [1.165, 1.54) is 31.2 Å². The van der Waals surface area contributed by atoms with Crippen LogP contribution in [-0.4, -0.2) is 29.2 Å². The van der Waals surface area contributed by atoms with E-state index in [0.717, 1.165) is 37.7 Å². The molecule has 1 aliphatic rings. The fraction of sp³-hybridized carbons (Fsp3) is 0.625.